The first kappa shape index (κ1) is 16.6. The second kappa shape index (κ2) is 6.53. The molecule has 1 unspecified atom stereocenters. The van der Waals surface area contributed by atoms with Gasteiger partial charge in [0.05, 0.1) is 5.92 Å². The van der Waals surface area contributed by atoms with E-state index in [0.29, 0.717) is 11.4 Å². The van der Waals surface area contributed by atoms with Crippen molar-refractivity contribution in [2.24, 2.45) is 5.73 Å². The van der Waals surface area contributed by atoms with Crippen LogP contribution in [0.1, 0.15) is 43.4 Å². The van der Waals surface area contributed by atoms with Crippen molar-refractivity contribution in [2.45, 2.75) is 38.5 Å². The van der Waals surface area contributed by atoms with E-state index in [4.69, 9.17) is 17.3 Å². The van der Waals surface area contributed by atoms with Crippen molar-refractivity contribution in [3.05, 3.63) is 70.2 Å². The molecule has 1 atom stereocenters. The van der Waals surface area contributed by atoms with Crippen molar-refractivity contribution < 1.29 is 4.79 Å². The number of benzene rings is 2. The molecule has 22 heavy (non-hydrogen) atoms. The van der Waals surface area contributed by atoms with Crippen LogP contribution in [0.25, 0.3) is 0 Å². The molecule has 0 aliphatic rings. The smallest absolute Gasteiger partial charge is 0.225 e. The van der Waals surface area contributed by atoms with Gasteiger partial charge in [-0.3, -0.25) is 4.79 Å². The van der Waals surface area contributed by atoms with Gasteiger partial charge in [0.1, 0.15) is 0 Å². The van der Waals surface area contributed by atoms with Crippen molar-refractivity contribution in [1.82, 2.24) is 0 Å². The zero-order chi connectivity index (χ0) is 16.3. The van der Waals surface area contributed by atoms with E-state index in [9.17, 15) is 4.79 Å². The second-order valence-electron chi connectivity index (χ2n) is 6.66. The molecule has 2 rings (SSSR count). The molecule has 2 N–H and O–H groups in total. The first-order valence-electron chi connectivity index (χ1n) is 7.41. The fraction of sp³-hybridized carbons (Fsp3) is 0.316. The lowest BCUT2D eigenvalue weighted by atomic mass is 9.85. The molecule has 3 heteroatoms. The first-order valence-corrected chi connectivity index (χ1v) is 7.79. The zero-order valence-electron chi connectivity index (χ0n) is 13.3. The third-order valence-electron chi connectivity index (χ3n) is 3.88. The van der Waals surface area contributed by atoms with Crippen LogP contribution < -0.4 is 5.73 Å². The van der Waals surface area contributed by atoms with Crippen LogP contribution in [0.5, 0.6) is 0 Å². The summed E-state index contributed by atoms with van der Waals surface area (Å²) in [6.45, 7) is 6.55. The molecular weight excluding hydrogens is 294 g/mol. The Balaban J connectivity index is 2.21. The van der Waals surface area contributed by atoms with E-state index in [1.807, 2.05) is 12.1 Å². The van der Waals surface area contributed by atoms with Gasteiger partial charge in [-0.25, -0.2) is 0 Å². The molecule has 0 radical (unpaired) electrons. The highest BCUT2D eigenvalue weighted by molar-refractivity contribution is 6.30. The minimum absolute atomic E-state index is 0.123. The van der Waals surface area contributed by atoms with Gasteiger partial charge in [0, 0.05) is 5.02 Å². The average molecular weight is 316 g/mol. The maximum absolute atomic E-state index is 11.8. The number of primary amides is 1. The summed E-state index contributed by atoms with van der Waals surface area (Å²) in [5, 5.41) is 0.654. The lowest BCUT2D eigenvalue weighted by Gasteiger charge is -2.20. The van der Waals surface area contributed by atoms with E-state index in [1.165, 1.54) is 5.56 Å². The zero-order valence-corrected chi connectivity index (χ0v) is 14.0. The van der Waals surface area contributed by atoms with Crippen LogP contribution >= 0.6 is 11.6 Å². The standard InChI is InChI=1S/C19H22ClNO/c1-19(2,3)15-8-4-13(5-9-15)12-17(18(21)22)14-6-10-16(20)11-7-14/h4-11,17H,12H2,1-3H3,(H2,21,22). The predicted octanol–water partition coefficient (Wildman–Crippen LogP) is 4.45. The lowest BCUT2D eigenvalue weighted by molar-refractivity contribution is -0.119. The molecule has 0 saturated heterocycles. The minimum Gasteiger partial charge on any atom is -0.369 e. The van der Waals surface area contributed by atoms with E-state index in [-0.39, 0.29) is 17.2 Å². The number of hydrogen-bond donors (Lipinski definition) is 1. The summed E-state index contributed by atoms with van der Waals surface area (Å²) < 4.78 is 0. The number of carbonyl (C=O) groups excluding carboxylic acids is 1. The van der Waals surface area contributed by atoms with E-state index >= 15 is 0 Å². The molecule has 0 spiro atoms. The highest BCUT2D eigenvalue weighted by Gasteiger charge is 2.19. The Morgan fingerprint density at radius 2 is 1.59 bits per heavy atom. The number of nitrogens with two attached hydrogens (primary N) is 1. The second-order valence-corrected chi connectivity index (χ2v) is 7.09. The van der Waals surface area contributed by atoms with E-state index in [2.05, 4.69) is 45.0 Å². The Labute approximate surface area is 137 Å². The molecule has 2 nitrogen and oxygen atoms in total. The molecule has 0 heterocycles. The summed E-state index contributed by atoms with van der Waals surface area (Å²) in [6, 6.07) is 15.7. The van der Waals surface area contributed by atoms with Gasteiger partial charge in [-0.1, -0.05) is 68.8 Å². The van der Waals surface area contributed by atoms with Crippen molar-refractivity contribution in [3.8, 4) is 0 Å². The third-order valence-corrected chi connectivity index (χ3v) is 4.13. The topological polar surface area (TPSA) is 43.1 Å². The largest absolute Gasteiger partial charge is 0.369 e. The van der Waals surface area contributed by atoms with E-state index < -0.39 is 0 Å². The summed E-state index contributed by atoms with van der Waals surface area (Å²) in [5.74, 6) is -0.653. The Bertz CT molecular complexity index is 639. The number of carbonyl (C=O) groups is 1. The normalized spacial score (nSPS) is 12.9. The molecule has 0 fully saturated rings. The fourth-order valence-corrected chi connectivity index (χ4v) is 2.58. The molecule has 0 saturated carbocycles. The highest BCUT2D eigenvalue weighted by Crippen LogP contribution is 2.25. The third kappa shape index (κ3) is 4.11. The van der Waals surface area contributed by atoms with Crippen molar-refractivity contribution >= 4 is 17.5 Å². The Morgan fingerprint density at radius 3 is 2.05 bits per heavy atom. The number of hydrogen-bond acceptors (Lipinski definition) is 1. The number of amides is 1. The molecule has 0 bridgehead atoms. The Kier molecular flexibility index (Phi) is 4.92. The lowest BCUT2D eigenvalue weighted by Crippen LogP contribution is -2.23. The van der Waals surface area contributed by atoms with Gasteiger partial charge in [-0.15, -0.1) is 0 Å². The quantitative estimate of drug-likeness (QED) is 0.890. The van der Waals surface area contributed by atoms with E-state index in [1.54, 1.807) is 12.1 Å². The van der Waals surface area contributed by atoms with Crippen LogP contribution in [0.2, 0.25) is 5.02 Å². The van der Waals surface area contributed by atoms with Crippen LogP contribution in [0.4, 0.5) is 0 Å². The van der Waals surface area contributed by atoms with E-state index in [0.717, 1.165) is 11.1 Å². The minimum atomic E-state index is -0.335. The maximum Gasteiger partial charge on any atom is 0.225 e. The van der Waals surface area contributed by atoms with Gasteiger partial charge >= 0.3 is 0 Å². The Morgan fingerprint density at radius 1 is 1.05 bits per heavy atom. The number of halogens is 1. The van der Waals surface area contributed by atoms with Gasteiger partial charge in [0.15, 0.2) is 0 Å². The van der Waals surface area contributed by atoms with Gasteiger partial charge in [0.2, 0.25) is 5.91 Å². The van der Waals surface area contributed by atoms with Crippen LogP contribution in [0, 0.1) is 0 Å². The summed E-state index contributed by atoms with van der Waals surface area (Å²) in [6.07, 6.45) is 0.599. The van der Waals surface area contributed by atoms with Crippen molar-refractivity contribution in [2.75, 3.05) is 0 Å². The van der Waals surface area contributed by atoms with Gasteiger partial charge < -0.3 is 5.73 Å². The van der Waals surface area contributed by atoms with Crippen LogP contribution in [0.15, 0.2) is 48.5 Å². The molecule has 2 aromatic carbocycles. The van der Waals surface area contributed by atoms with Gasteiger partial charge in [-0.2, -0.15) is 0 Å². The monoisotopic (exact) mass is 315 g/mol. The van der Waals surface area contributed by atoms with Gasteiger partial charge in [-0.05, 0) is 40.7 Å². The molecule has 1 amide bonds. The van der Waals surface area contributed by atoms with Crippen LogP contribution in [-0.4, -0.2) is 5.91 Å². The van der Waals surface area contributed by atoms with Crippen molar-refractivity contribution in [1.29, 1.82) is 0 Å². The maximum atomic E-state index is 11.8. The summed E-state index contributed by atoms with van der Waals surface area (Å²) in [7, 11) is 0. The van der Waals surface area contributed by atoms with Gasteiger partial charge in [0.25, 0.3) is 0 Å². The predicted molar refractivity (Wildman–Crippen MR) is 92.2 cm³/mol. The SMILES string of the molecule is CC(C)(C)c1ccc(CC(C(N)=O)c2ccc(Cl)cc2)cc1. The molecule has 0 aliphatic heterocycles. The average Bonchev–Trinajstić information content (AvgIpc) is 2.45. The molecular formula is C19H22ClNO. The first-order chi connectivity index (χ1) is 10.3. The molecule has 116 valence electrons. The van der Waals surface area contributed by atoms with Crippen LogP contribution in [0.3, 0.4) is 0 Å². The Hall–Kier alpha value is -1.80. The summed E-state index contributed by atoms with van der Waals surface area (Å²) >= 11 is 5.90. The molecule has 0 aromatic heterocycles. The van der Waals surface area contributed by atoms with Crippen molar-refractivity contribution in [3.63, 3.8) is 0 Å². The summed E-state index contributed by atoms with van der Waals surface area (Å²) in [5.41, 5.74) is 8.98. The highest BCUT2D eigenvalue weighted by atomic mass is 35.5. The molecule has 0 aliphatic carbocycles. The molecule has 2 aromatic rings. The van der Waals surface area contributed by atoms with Crippen LogP contribution in [-0.2, 0) is 16.6 Å². The summed E-state index contributed by atoms with van der Waals surface area (Å²) in [4.78, 5) is 11.8. The fourth-order valence-electron chi connectivity index (χ4n) is 2.45. The number of rotatable bonds is 4.